The minimum Gasteiger partial charge on any atom is -0.484 e. The van der Waals surface area contributed by atoms with Gasteiger partial charge in [0, 0.05) is 49.5 Å². The van der Waals surface area contributed by atoms with Crippen molar-refractivity contribution in [3.05, 3.63) is 52.1 Å². The Morgan fingerprint density at radius 2 is 1.53 bits per heavy atom. The average Bonchev–Trinajstić information content (AvgIpc) is 3.12. The van der Waals surface area contributed by atoms with Crippen molar-refractivity contribution in [1.29, 1.82) is 0 Å². The molecule has 0 spiro atoms. The fourth-order valence-corrected chi connectivity index (χ4v) is 5.00. The molecule has 0 amide bonds. The molecule has 0 aliphatic carbocycles. The van der Waals surface area contributed by atoms with Gasteiger partial charge in [-0.05, 0) is 68.0 Å². The molecule has 0 aromatic heterocycles. The van der Waals surface area contributed by atoms with Crippen molar-refractivity contribution in [3.63, 3.8) is 0 Å². The molecule has 1 N–H and O–H groups in total. The predicted molar refractivity (Wildman–Crippen MR) is 125 cm³/mol. The lowest BCUT2D eigenvalue weighted by molar-refractivity contribution is 0.0442. The minimum absolute atomic E-state index is 0.0449. The molecule has 0 bridgehead atoms. The lowest BCUT2D eigenvalue weighted by Crippen LogP contribution is -2.47. The van der Waals surface area contributed by atoms with E-state index in [1.165, 1.54) is 39.2 Å². The summed E-state index contributed by atoms with van der Waals surface area (Å²) in [6.07, 6.45) is 0.779. The Bertz CT molecular complexity index is 927. The second-order valence-electron chi connectivity index (χ2n) is 9.64. The van der Waals surface area contributed by atoms with Crippen LogP contribution < -0.4 is 14.5 Å². The van der Waals surface area contributed by atoms with Gasteiger partial charge < -0.3 is 19.6 Å². The number of ether oxygens (including phenoxy) is 1. The maximum atomic E-state index is 9.81. The topological polar surface area (TPSA) is 35.9 Å². The summed E-state index contributed by atoms with van der Waals surface area (Å²) in [6.45, 7) is 17.2. The lowest BCUT2D eigenvalue weighted by Gasteiger charge is -2.39. The molecule has 0 radical (unpaired) electrons. The van der Waals surface area contributed by atoms with Gasteiger partial charge in [-0.3, -0.25) is 0 Å². The number of aliphatic hydroxyl groups excluding tert-OH is 1. The normalized spacial score (nSPS) is 21.2. The number of nitrogens with zero attached hydrogens (tertiary/aromatic N) is 2. The fraction of sp³-hybridized carbons (Fsp3) is 0.538. The number of rotatable bonds is 4. The monoisotopic (exact) mass is 408 g/mol. The summed E-state index contributed by atoms with van der Waals surface area (Å²) in [6, 6.07) is 9.08. The molecule has 1 saturated heterocycles. The summed E-state index contributed by atoms with van der Waals surface area (Å²) in [5.74, 6) is 1.57. The third-order valence-corrected chi connectivity index (χ3v) is 7.09. The van der Waals surface area contributed by atoms with E-state index in [0.29, 0.717) is 5.92 Å². The van der Waals surface area contributed by atoms with E-state index in [1.807, 2.05) is 6.92 Å². The molecule has 1 fully saturated rings. The molecule has 0 saturated carbocycles. The van der Waals surface area contributed by atoms with Gasteiger partial charge in [0.15, 0.2) is 0 Å². The van der Waals surface area contributed by atoms with Gasteiger partial charge >= 0.3 is 0 Å². The average molecular weight is 409 g/mol. The van der Waals surface area contributed by atoms with Gasteiger partial charge in [-0.15, -0.1) is 0 Å². The van der Waals surface area contributed by atoms with Crippen LogP contribution in [-0.2, 0) is 6.42 Å². The molecule has 4 nitrogen and oxygen atoms in total. The van der Waals surface area contributed by atoms with Crippen molar-refractivity contribution in [2.24, 2.45) is 0 Å². The maximum absolute atomic E-state index is 9.81. The third kappa shape index (κ3) is 3.56. The molecule has 2 heterocycles. The summed E-state index contributed by atoms with van der Waals surface area (Å²) in [5.41, 5.74) is 8.71. The van der Waals surface area contributed by atoms with E-state index in [4.69, 9.17) is 4.74 Å². The summed E-state index contributed by atoms with van der Waals surface area (Å²) in [5, 5.41) is 9.81. The van der Waals surface area contributed by atoms with Gasteiger partial charge in [0.2, 0.25) is 0 Å². The van der Waals surface area contributed by atoms with Crippen molar-refractivity contribution in [2.75, 3.05) is 42.6 Å². The predicted octanol–water partition coefficient (Wildman–Crippen LogP) is 4.75. The number of hydrogen-bond donors (Lipinski definition) is 1. The van der Waals surface area contributed by atoms with E-state index in [0.717, 1.165) is 38.3 Å². The molecule has 2 aromatic carbocycles. The van der Waals surface area contributed by atoms with E-state index >= 15 is 0 Å². The summed E-state index contributed by atoms with van der Waals surface area (Å²) >= 11 is 0. The molecular weight excluding hydrogens is 372 g/mol. The quantitative estimate of drug-likeness (QED) is 0.792. The van der Waals surface area contributed by atoms with Crippen LogP contribution in [0.25, 0.3) is 0 Å². The standard InChI is InChI=1S/C26H36N2O2/c1-17(2)21-7-9-22(10-8-21)27-11-13-28(14-12-27)24-18(3)19(4)25-23(20(24)5)15-26(6,16-29)30-25/h7-10,17,29H,11-16H2,1-6H3. The van der Waals surface area contributed by atoms with Crippen LogP contribution in [-0.4, -0.2) is 43.5 Å². The first-order valence-corrected chi connectivity index (χ1v) is 11.3. The number of aliphatic hydroxyl groups is 1. The Hall–Kier alpha value is -2.20. The van der Waals surface area contributed by atoms with E-state index in [2.05, 4.69) is 68.7 Å². The lowest BCUT2D eigenvalue weighted by atomic mass is 9.91. The molecule has 4 heteroatoms. The van der Waals surface area contributed by atoms with E-state index < -0.39 is 5.60 Å². The highest BCUT2D eigenvalue weighted by atomic mass is 16.5. The first kappa shape index (κ1) is 21.0. The summed E-state index contributed by atoms with van der Waals surface area (Å²) < 4.78 is 6.20. The molecule has 2 aliphatic heterocycles. The Kier molecular flexibility index (Phi) is 5.48. The highest BCUT2D eigenvalue weighted by molar-refractivity contribution is 5.70. The Morgan fingerprint density at radius 1 is 0.933 bits per heavy atom. The van der Waals surface area contributed by atoms with Gasteiger partial charge in [0.05, 0.1) is 6.61 Å². The van der Waals surface area contributed by atoms with Crippen LogP contribution in [0.5, 0.6) is 5.75 Å². The first-order valence-electron chi connectivity index (χ1n) is 11.3. The SMILES string of the molecule is Cc1c(C)c(N2CCN(c3ccc(C(C)C)cc3)CC2)c(C)c2c1OC(C)(CO)C2. The van der Waals surface area contributed by atoms with Crippen LogP contribution in [0.1, 0.15) is 54.5 Å². The molecular formula is C26H36N2O2. The Labute approximate surface area is 181 Å². The van der Waals surface area contributed by atoms with Crippen LogP contribution in [0, 0.1) is 20.8 Å². The zero-order valence-corrected chi connectivity index (χ0v) is 19.4. The van der Waals surface area contributed by atoms with Crippen molar-refractivity contribution < 1.29 is 9.84 Å². The molecule has 162 valence electrons. The molecule has 4 rings (SSSR count). The molecule has 2 aliphatic rings. The van der Waals surface area contributed by atoms with Crippen LogP contribution in [0.4, 0.5) is 11.4 Å². The number of piperazine rings is 1. The number of benzene rings is 2. The molecule has 2 aromatic rings. The van der Waals surface area contributed by atoms with Gasteiger partial charge in [0.25, 0.3) is 0 Å². The Morgan fingerprint density at radius 3 is 2.10 bits per heavy atom. The molecule has 30 heavy (non-hydrogen) atoms. The van der Waals surface area contributed by atoms with Crippen molar-refractivity contribution in [1.82, 2.24) is 0 Å². The Balaban J connectivity index is 1.54. The summed E-state index contributed by atoms with van der Waals surface area (Å²) in [7, 11) is 0. The fourth-order valence-electron chi connectivity index (χ4n) is 5.00. The second-order valence-corrected chi connectivity index (χ2v) is 9.64. The smallest absolute Gasteiger partial charge is 0.133 e. The van der Waals surface area contributed by atoms with Crippen LogP contribution in [0.2, 0.25) is 0 Å². The zero-order valence-electron chi connectivity index (χ0n) is 19.4. The summed E-state index contributed by atoms with van der Waals surface area (Å²) in [4.78, 5) is 5.04. The van der Waals surface area contributed by atoms with Crippen molar-refractivity contribution in [2.45, 2.75) is 59.5 Å². The van der Waals surface area contributed by atoms with Gasteiger partial charge in [-0.1, -0.05) is 26.0 Å². The highest BCUT2D eigenvalue weighted by Gasteiger charge is 2.38. The molecule has 1 unspecified atom stereocenters. The van der Waals surface area contributed by atoms with Gasteiger partial charge in [0.1, 0.15) is 11.4 Å². The van der Waals surface area contributed by atoms with Crippen LogP contribution >= 0.6 is 0 Å². The van der Waals surface area contributed by atoms with Crippen molar-refractivity contribution in [3.8, 4) is 5.75 Å². The maximum Gasteiger partial charge on any atom is 0.133 e. The van der Waals surface area contributed by atoms with Crippen LogP contribution in [0.15, 0.2) is 24.3 Å². The van der Waals surface area contributed by atoms with Crippen LogP contribution in [0.3, 0.4) is 0 Å². The van der Waals surface area contributed by atoms with Gasteiger partial charge in [-0.2, -0.15) is 0 Å². The van der Waals surface area contributed by atoms with E-state index in [1.54, 1.807) is 0 Å². The number of fused-ring (bicyclic) bond motifs is 1. The highest BCUT2D eigenvalue weighted by Crippen LogP contribution is 2.45. The third-order valence-electron chi connectivity index (χ3n) is 7.09. The van der Waals surface area contributed by atoms with Crippen molar-refractivity contribution >= 4 is 11.4 Å². The second kappa shape index (κ2) is 7.81. The minimum atomic E-state index is -0.496. The molecule has 1 atom stereocenters. The largest absolute Gasteiger partial charge is 0.484 e. The van der Waals surface area contributed by atoms with E-state index in [-0.39, 0.29) is 6.61 Å². The van der Waals surface area contributed by atoms with Gasteiger partial charge in [-0.25, -0.2) is 0 Å². The van der Waals surface area contributed by atoms with E-state index in [9.17, 15) is 5.11 Å². The zero-order chi connectivity index (χ0) is 21.6. The number of hydrogen-bond acceptors (Lipinski definition) is 4. The number of anilines is 2. The first-order chi connectivity index (χ1) is 14.2.